The van der Waals surface area contributed by atoms with E-state index >= 15 is 0 Å². The maximum atomic E-state index is 7.49. The molecule has 2 aromatic rings. The van der Waals surface area contributed by atoms with Gasteiger partial charge in [-0.3, -0.25) is 15.7 Å². The zero-order chi connectivity index (χ0) is 21.3. The van der Waals surface area contributed by atoms with E-state index in [4.69, 9.17) is 27.0 Å². The van der Waals surface area contributed by atoms with E-state index in [1.807, 2.05) is 36.4 Å². The Morgan fingerprint density at radius 1 is 0.774 bits per heavy atom. The van der Waals surface area contributed by atoms with Crippen LogP contribution in [-0.4, -0.2) is 55.9 Å². The van der Waals surface area contributed by atoms with E-state index in [2.05, 4.69) is 21.9 Å². The first kappa shape index (κ1) is 24.5. The summed E-state index contributed by atoms with van der Waals surface area (Å²) < 4.78 is 5.77. The highest BCUT2D eigenvalue weighted by atomic mass is 35.5. The van der Waals surface area contributed by atoms with Crippen molar-refractivity contribution in [2.45, 2.75) is 19.3 Å². The highest BCUT2D eigenvalue weighted by Gasteiger charge is 2.16. The van der Waals surface area contributed by atoms with Gasteiger partial charge in [0.25, 0.3) is 0 Å². The van der Waals surface area contributed by atoms with E-state index in [-0.39, 0.29) is 24.1 Å². The summed E-state index contributed by atoms with van der Waals surface area (Å²) in [6, 6.07) is 15.3. The molecule has 7 nitrogen and oxygen atoms in total. The van der Waals surface area contributed by atoms with Gasteiger partial charge in [-0.2, -0.15) is 0 Å². The van der Waals surface area contributed by atoms with Gasteiger partial charge in [-0.05, 0) is 74.3 Å². The molecule has 8 heteroatoms. The molecule has 1 aliphatic heterocycles. The quantitative estimate of drug-likeness (QED) is 0.255. The van der Waals surface area contributed by atoms with Crippen molar-refractivity contribution < 1.29 is 4.74 Å². The molecule has 0 spiro atoms. The highest BCUT2D eigenvalue weighted by molar-refractivity contribution is 5.95. The second-order valence-electron chi connectivity index (χ2n) is 7.64. The third-order valence-electron chi connectivity index (χ3n) is 5.47. The monoisotopic (exact) mass is 444 g/mol. The van der Waals surface area contributed by atoms with Gasteiger partial charge in [0, 0.05) is 43.0 Å². The molecule has 31 heavy (non-hydrogen) atoms. The Morgan fingerprint density at radius 2 is 1.32 bits per heavy atom. The van der Waals surface area contributed by atoms with Gasteiger partial charge in [0.2, 0.25) is 0 Å². The van der Waals surface area contributed by atoms with E-state index in [1.54, 1.807) is 0 Å². The predicted molar refractivity (Wildman–Crippen MR) is 130 cm³/mol. The highest BCUT2D eigenvalue weighted by Crippen LogP contribution is 2.18. The molecule has 0 unspecified atom stereocenters. The largest absolute Gasteiger partial charge is 0.494 e. The lowest BCUT2D eigenvalue weighted by Gasteiger charge is -2.36. The molecule has 168 valence electrons. The zero-order valence-corrected chi connectivity index (χ0v) is 18.7. The minimum atomic E-state index is 0. The van der Waals surface area contributed by atoms with Crippen molar-refractivity contribution in [1.29, 1.82) is 10.8 Å². The first-order valence-corrected chi connectivity index (χ1v) is 10.5. The number of anilines is 1. The van der Waals surface area contributed by atoms with Crippen LogP contribution in [0, 0.1) is 10.8 Å². The van der Waals surface area contributed by atoms with Crippen LogP contribution < -0.4 is 21.1 Å². The van der Waals surface area contributed by atoms with Crippen molar-refractivity contribution in [3.8, 4) is 5.75 Å². The first-order chi connectivity index (χ1) is 14.5. The fourth-order valence-electron chi connectivity index (χ4n) is 3.62. The number of hydrogen-bond acceptors (Lipinski definition) is 5. The summed E-state index contributed by atoms with van der Waals surface area (Å²) in [5.41, 5.74) is 13.7. The standard InChI is InChI=1S/C23H32N6O.ClH/c24-22(25)18-4-8-20(9-5-18)29-15-13-28(14-16-29)12-2-1-3-17-30-21-10-6-19(7-11-21)23(26)27;/h4-11H,1-3,12-17H2,(H3,24,25)(H3,26,27);1H. The number of nitrogens with one attached hydrogen (secondary N) is 2. The topological polar surface area (TPSA) is 115 Å². The normalized spacial score (nSPS) is 14.0. The van der Waals surface area contributed by atoms with Crippen molar-refractivity contribution in [2.75, 3.05) is 44.2 Å². The summed E-state index contributed by atoms with van der Waals surface area (Å²) in [6.07, 6.45) is 3.37. The molecule has 0 aliphatic carbocycles. The maximum absolute atomic E-state index is 7.49. The van der Waals surface area contributed by atoms with Gasteiger partial charge < -0.3 is 21.1 Å². The van der Waals surface area contributed by atoms with Crippen LogP contribution in [0.3, 0.4) is 0 Å². The number of halogens is 1. The molecule has 1 fully saturated rings. The fraction of sp³-hybridized carbons (Fsp3) is 0.391. The number of ether oxygens (including phenoxy) is 1. The Bertz CT molecular complexity index is 832. The van der Waals surface area contributed by atoms with Crippen molar-refractivity contribution >= 4 is 29.8 Å². The van der Waals surface area contributed by atoms with Crippen LogP contribution in [0.4, 0.5) is 5.69 Å². The molecule has 0 bridgehead atoms. The Labute approximate surface area is 190 Å². The summed E-state index contributed by atoms with van der Waals surface area (Å²) in [5, 5.41) is 14.9. The molecule has 1 aliphatic rings. The Balaban J connectivity index is 0.00000341. The number of nitrogens with zero attached hydrogens (tertiary/aromatic N) is 2. The van der Waals surface area contributed by atoms with Gasteiger partial charge in [0.15, 0.2) is 0 Å². The van der Waals surface area contributed by atoms with Crippen molar-refractivity contribution in [3.63, 3.8) is 0 Å². The number of nitrogen functional groups attached to an aromatic ring is 2. The van der Waals surface area contributed by atoms with E-state index < -0.39 is 0 Å². The summed E-state index contributed by atoms with van der Waals surface area (Å²) in [7, 11) is 0. The average Bonchev–Trinajstić information content (AvgIpc) is 2.77. The third-order valence-corrected chi connectivity index (χ3v) is 5.47. The Kier molecular flexibility index (Phi) is 9.62. The fourth-order valence-corrected chi connectivity index (χ4v) is 3.62. The van der Waals surface area contributed by atoms with Gasteiger partial charge in [-0.15, -0.1) is 12.4 Å². The summed E-state index contributed by atoms with van der Waals surface area (Å²) in [5.74, 6) is 1.02. The number of amidine groups is 2. The molecule has 0 atom stereocenters. The Hall–Kier alpha value is -2.77. The molecule has 0 amide bonds. The SMILES string of the molecule is Cl.N=C(N)c1ccc(OCCCCCN2CCN(c3ccc(C(=N)N)cc3)CC2)cc1. The molecule has 1 heterocycles. The van der Waals surface area contributed by atoms with Crippen LogP contribution >= 0.6 is 12.4 Å². The molecule has 0 radical (unpaired) electrons. The predicted octanol–water partition coefficient (Wildman–Crippen LogP) is 3.05. The number of benzene rings is 2. The summed E-state index contributed by atoms with van der Waals surface area (Å²) in [6.45, 7) is 6.05. The summed E-state index contributed by atoms with van der Waals surface area (Å²) >= 11 is 0. The number of piperazine rings is 1. The van der Waals surface area contributed by atoms with Crippen LogP contribution in [0.2, 0.25) is 0 Å². The minimum absolute atomic E-state index is 0. The van der Waals surface area contributed by atoms with Crippen LogP contribution in [0.1, 0.15) is 30.4 Å². The Morgan fingerprint density at radius 3 is 1.87 bits per heavy atom. The van der Waals surface area contributed by atoms with Crippen molar-refractivity contribution in [2.24, 2.45) is 11.5 Å². The smallest absolute Gasteiger partial charge is 0.122 e. The molecule has 6 N–H and O–H groups in total. The number of unbranched alkanes of at least 4 members (excludes halogenated alkanes) is 2. The van der Waals surface area contributed by atoms with E-state index in [0.717, 1.165) is 62.4 Å². The summed E-state index contributed by atoms with van der Waals surface area (Å²) in [4.78, 5) is 4.92. The van der Waals surface area contributed by atoms with Gasteiger partial charge in [-0.25, -0.2) is 0 Å². The minimum Gasteiger partial charge on any atom is -0.494 e. The van der Waals surface area contributed by atoms with Crippen molar-refractivity contribution in [3.05, 3.63) is 59.7 Å². The molecule has 0 aromatic heterocycles. The van der Waals surface area contributed by atoms with Gasteiger partial charge in [0.1, 0.15) is 17.4 Å². The lowest BCUT2D eigenvalue weighted by Crippen LogP contribution is -2.46. The van der Waals surface area contributed by atoms with Crippen LogP contribution in [0.5, 0.6) is 5.75 Å². The lowest BCUT2D eigenvalue weighted by molar-refractivity contribution is 0.246. The molecule has 1 saturated heterocycles. The lowest BCUT2D eigenvalue weighted by atomic mass is 10.1. The zero-order valence-electron chi connectivity index (χ0n) is 17.8. The van der Waals surface area contributed by atoms with Gasteiger partial charge in [0.05, 0.1) is 6.61 Å². The number of hydrogen-bond donors (Lipinski definition) is 4. The number of nitrogens with two attached hydrogens (primary N) is 2. The number of rotatable bonds is 10. The molecule has 2 aromatic carbocycles. The molecular formula is C23H33ClN6O. The second kappa shape index (κ2) is 12.2. The van der Waals surface area contributed by atoms with E-state index in [0.29, 0.717) is 6.61 Å². The van der Waals surface area contributed by atoms with E-state index in [1.165, 1.54) is 12.1 Å². The van der Waals surface area contributed by atoms with Crippen LogP contribution in [0.15, 0.2) is 48.5 Å². The molecular weight excluding hydrogens is 412 g/mol. The maximum Gasteiger partial charge on any atom is 0.122 e. The van der Waals surface area contributed by atoms with Gasteiger partial charge in [-0.1, -0.05) is 0 Å². The second-order valence-corrected chi connectivity index (χ2v) is 7.64. The van der Waals surface area contributed by atoms with E-state index in [9.17, 15) is 0 Å². The third kappa shape index (κ3) is 7.45. The van der Waals surface area contributed by atoms with Gasteiger partial charge >= 0.3 is 0 Å². The molecule has 0 saturated carbocycles. The van der Waals surface area contributed by atoms with Crippen LogP contribution in [0.25, 0.3) is 0 Å². The van der Waals surface area contributed by atoms with Crippen LogP contribution in [-0.2, 0) is 0 Å². The average molecular weight is 445 g/mol. The van der Waals surface area contributed by atoms with Crippen molar-refractivity contribution in [1.82, 2.24) is 4.90 Å². The molecule has 3 rings (SSSR count). The first-order valence-electron chi connectivity index (χ1n) is 10.5.